The molecule has 0 aliphatic carbocycles. The highest BCUT2D eigenvalue weighted by atomic mass is 127. The number of hydrogen-bond acceptors (Lipinski definition) is 1. The lowest BCUT2D eigenvalue weighted by Gasteiger charge is -2.10. The van der Waals surface area contributed by atoms with E-state index in [1.807, 2.05) is 24.3 Å². The van der Waals surface area contributed by atoms with Gasteiger partial charge in [0.05, 0.1) is 6.04 Å². The normalized spacial score (nSPS) is 21.0. The summed E-state index contributed by atoms with van der Waals surface area (Å²) >= 11 is 2.28. The number of benzene rings is 1. The predicted molar refractivity (Wildman–Crippen MR) is 58.4 cm³/mol. The standard InChI is InChI=1S/C9H9IN2O/c10-7-4-2-1-3-6(7)8-5-11-9(13)12-8/h1-4,8H,5H2,(H2,11,12,13). The molecule has 0 radical (unpaired) electrons. The van der Waals surface area contributed by atoms with Crippen molar-refractivity contribution >= 4 is 28.6 Å². The average molecular weight is 288 g/mol. The van der Waals surface area contributed by atoms with Gasteiger partial charge in [-0.25, -0.2) is 4.79 Å². The molecule has 2 rings (SSSR count). The predicted octanol–water partition coefficient (Wildman–Crippen LogP) is 1.65. The number of halogens is 1. The molecule has 1 heterocycles. The van der Waals surface area contributed by atoms with Crippen molar-refractivity contribution in [3.63, 3.8) is 0 Å². The molecule has 13 heavy (non-hydrogen) atoms. The van der Waals surface area contributed by atoms with Crippen LogP contribution in [0.4, 0.5) is 4.79 Å². The van der Waals surface area contributed by atoms with E-state index >= 15 is 0 Å². The third kappa shape index (κ3) is 1.77. The molecule has 68 valence electrons. The van der Waals surface area contributed by atoms with Gasteiger partial charge in [0.2, 0.25) is 0 Å². The van der Waals surface area contributed by atoms with Crippen molar-refractivity contribution in [2.75, 3.05) is 6.54 Å². The maximum Gasteiger partial charge on any atom is 0.315 e. The van der Waals surface area contributed by atoms with Crippen LogP contribution in [0.2, 0.25) is 0 Å². The first-order valence-electron chi connectivity index (χ1n) is 4.06. The van der Waals surface area contributed by atoms with E-state index < -0.39 is 0 Å². The highest BCUT2D eigenvalue weighted by molar-refractivity contribution is 14.1. The van der Waals surface area contributed by atoms with Crippen LogP contribution in [0.3, 0.4) is 0 Å². The third-order valence-electron chi connectivity index (χ3n) is 2.05. The number of nitrogens with one attached hydrogen (secondary N) is 2. The largest absolute Gasteiger partial charge is 0.336 e. The topological polar surface area (TPSA) is 41.1 Å². The third-order valence-corrected chi connectivity index (χ3v) is 3.04. The number of carbonyl (C=O) groups is 1. The van der Waals surface area contributed by atoms with Gasteiger partial charge in [0.1, 0.15) is 0 Å². The van der Waals surface area contributed by atoms with E-state index in [4.69, 9.17) is 0 Å². The Morgan fingerprint density at radius 1 is 1.38 bits per heavy atom. The second-order valence-corrected chi connectivity index (χ2v) is 4.09. The zero-order chi connectivity index (χ0) is 9.26. The zero-order valence-electron chi connectivity index (χ0n) is 6.88. The zero-order valence-corrected chi connectivity index (χ0v) is 9.04. The van der Waals surface area contributed by atoms with Gasteiger partial charge in [-0.1, -0.05) is 18.2 Å². The van der Waals surface area contributed by atoms with E-state index in [0.717, 1.165) is 0 Å². The maximum atomic E-state index is 10.9. The highest BCUT2D eigenvalue weighted by Gasteiger charge is 2.22. The number of amides is 2. The number of carbonyl (C=O) groups excluding carboxylic acids is 1. The van der Waals surface area contributed by atoms with Crippen LogP contribution < -0.4 is 10.6 Å². The lowest BCUT2D eigenvalue weighted by atomic mass is 10.1. The molecule has 3 nitrogen and oxygen atoms in total. The Bertz CT molecular complexity index is 340. The Hall–Kier alpha value is -0.780. The second-order valence-electron chi connectivity index (χ2n) is 2.93. The Kier molecular flexibility index (Phi) is 2.39. The fourth-order valence-electron chi connectivity index (χ4n) is 1.40. The molecular formula is C9H9IN2O. The minimum absolute atomic E-state index is 0.0790. The summed E-state index contributed by atoms with van der Waals surface area (Å²) in [7, 11) is 0. The monoisotopic (exact) mass is 288 g/mol. The number of rotatable bonds is 1. The van der Waals surface area contributed by atoms with Crippen molar-refractivity contribution in [2.24, 2.45) is 0 Å². The first kappa shape index (κ1) is 8.80. The molecule has 1 aromatic carbocycles. The van der Waals surface area contributed by atoms with Crippen LogP contribution in [0.15, 0.2) is 24.3 Å². The van der Waals surface area contributed by atoms with Crippen molar-refractivity contribution < 1.29 is 4.79 Å². The molecule has 0 spiro atoms. The summed E-state index contributed by atoms with van der Waals surface area (Å²) < 4.78 is 1.19. The van der Waals surface area contributed by atoms with Crippen LogP contribution in [0, 0.1) is 3.57 Å². The lowest BCUT2D eigenvalue weighted by Crippen LogP contribution is -2.22. The first-order chi connectivity index (χ1) is 6.27. The van der Waals surface area contributed by atoms with Crippen LogP contribution in [-0.2, 0) is 0 Å². The van der Waals surface area contributed by atoms with Crippen LogP contribution in [0.1, 0.15) is 11.6 Å². The van der Waals surface area contributed by atoms with Crippen molar-refractivity contribution in [3.8, 4) is 0 Å². The summed E-state index contributed by atoms with van der Waals surface area (Å²) in [5, 5.41) is 5.60. The van der Waals surface area contributed by atoms with E-state index in [9.17, 15) is 4.79 Å². The van der Waals surface area contributed by atoms with Crippen molar-refractivity contribution in [3.05, 3.63) is 33.4 Å². The Labute approximate surface area is 90.0 Å². The molecule has 1 unspecified atom stereocenters. The molecule has 0 saturated carbocycles. The van der Waals surface area contributed by atoms with Crippen molar-refractivity contribution in [1.29, 1.82) is 0 Å². The average Bonchev–Trinajstić information content (AvgIpc) is 2.53. The molecule has 0 bridgehead atoms. The fourth-order valence-corrected chi connectivity index (χ4v) is 2.16. The van der Waals surface area contributed by atoms with Gasteiger partial charge in [0.25, 0.3) is 0 Å². The van der Waals surface area contributed by atoms with Crippen LogP contribution >= 0.6 is 22.6 Å². The summed E-state index contributed by atoms with van der Waals surface area (Å²) in [4.78, 5) is 10.9. The van der Waals surface area contributed by atoms with Gasteiger partial charge >= 0.3 is 6.03 Å². The Morgan fingerprint density at radius 3 is 2.77 bits per heavy atom. The van der Waals surface area contributed by atoms with Gasteiger partial charge in [0.15, 0.2) is 0 Å². The molecule has 4 heteroatoms. The fraction of sp³-hybridized carbons (Fsp3) is 0.222. The molecule has 1 aromatic rings. The Morgan fingerprint density at radius 2 is 2.15 bits per heavy atom. The lowest BCUT2D eigenvalue weighted by molar-refractivity contribution is 0.247. The summed E-state index contributed by atoms with van der Waals surface area (Å²) in [5.74, 6) is 0. The molecule has 1 atom stereocenters. The summed E-state index contributed by atoms with van der Waals surface area (Å²) in [6, 6.07) is 8.11. The van der Waals surface area contributed by atoms with E-state index in [1.54, 1.807) is 0 Å². The van der Waals surface area contributed by atoms with Crippen molar-refractivity contribution in [2.45, 2.75) is 6.04 Å². The minimum atomic E-state index is -0.0790. The van der Waals surface area contributed by atoms with E-state index in [1.165, 1.54) is 9.13 Å². The van der Waals surface area contributed by atoms with Crippen molar-refractivity contribution in [1.82, 2.24) is 10.6 Å². The highest BCUT2D eigenvalue weighted by Crippen LogP contribution is 2.20. The quantitative estimate of drug-likeness (QED) is 0.758. The minimum Gasteiger partial charge on any atom is -0.336 e. The van der Waals surface area contributed by atoms with Gasteiger partial charge in [-0.15, -0.1) is 0 Å². The summed E-state index contributed by atoms with van der Waals surface area (Å²) in [6.45, 7) is 0.679. The number of urea groups is 1. The molecule has 2 amide bonds. The van der Waals surface area contributed by atoms with Gasteiger partial charge in [-0.05, 0) is 34.2 Å². The SMILES string of the molecule is O=C1NCC(c2ccccc2I)N1. The molecule has 0 aromatic heterocycles. The van der Waals surface area contributed by atoms with Gasteiger partial charge in [-0.2, -0.15) is 0 Å². The summed E-state index contributed by atoms with van der Waals surface area (Å²) in [5.41, 5.74) is 1.18. The smallest absolute Gasteiger partial charge is 0.315 e. The van der Waals surface area contributed by atoms with Crippen LogP contribution in [-0.4, -0.2) is 12.6 Å². The van der Waals surface area contributed by atoms with Gasteiger partial charge < -0.3 is 10.6 Å². The Balaban J connectivity index is 2.26. The van der Waals surface area contributed by atoms with E-state index in [-0.39, 0.29) is 12.1 Å². The second kappa shape index (κ2) is 3.53. The van der Waals surface area contributed by atoms with Gasteiger partial charge in [-0.3, -0.25) is 0 Å². The molecule has 2 N–H and O–H groups in total. The van der Waals surface area contributed by atoms with Crippen LogP contribution in [0.25, 0.3) is 0 Å². The van der Waals surface area contributed by atoms with E-state index in [0.29, 0.717) is 6.54 Å². The molecular weight excluding hydrogens is 279 g/mol. The first-order valence-corrected chi connectivity index (χ1v) is 5.14. The molecule has 1 aliphatic rings. The van der Waals surface area contributed by atoms with Gasteiger partial charge in [0, 0.05) is 10.1 Å². The van der Waals surface area contributed by atoms with Crippen LogP contribution in [0.5, 0.6) is 0 Å². The number of hydrogen-bond donors (Lipinski definition) is 2. The molecule has 1 saturated heterocycles. The molecule has 1 aliphatic heterocycles. The van der Waals surface area contributed by atoms with E-state index in [2.05, 4.69) is 33.2 Å². The molecule has 1 fully saturated rings. The summed E-state index contributed by atoms with van der Waals surface area (Å²) in [6.07, 6.45) is 0. The maximum absolute atomic E-state index is 10.9.